The Morgan fingerprint density at radius 1 is 1.19 bits per heavy atom. The lowest BCUT2D eigenvalue weighted by molar-refractivity contribution is 0.221. The van der Waals surface area contributed by atoms with Crippen LogP contribution in [0.5, 0.6) is 5.75 Å². The molecule has 0 fully saturated rings. The van der Waals surface area contributed by atoms with Gasteiger partial charge in [0.15, 0.2) is 0 Å². The van der Waals surface area contributed by atoms with Crippen molar-refractivity contribution in [2.24, 2.45) is 0 Å². The number of aromatic nitrogens is 1. The first-order valence-electron chi connectivity index (χ1n) is 6.55. The maximum atomic E-state index is 10.7. The fraction of sp³-hybridized carbons (Fsp3) is 0.118. The van der Waals surface area contributed by atoms with Crippen molar-refractivity contribution < 1.29 is 9.84 Å². The summed E-state index contributed by atoms with van der Waals surface area (Å²) in [4.78, 5) is 4.12. The number of pyridine rings is 1. The van der Waals surface area contributed by atoms with E-state index in [0.717, 1.165) is 32.1 Å². The molecular formula is C17H14BrNO2. The highest BCUT2D eigenvalue weighted by Crippen LogP contribution is 2.33. The topological polar surface area (TPSA) is 42.4 Å². The molecular weight excluding hydrogens is 330 g/mol. The molecule has 0 aliphatic carbocycles. The summed E-state index contributed by atoms with van der Waals surface area (Å²) in [5.74, 6) is 0.744. The van der Waals surface area contributed by atoms with E-state index in [4.69, 9.17) is 4.74 Å². The third kappa shape index (κ3) is 2.64. The Labute approximate surface area is 131 Å². The van der Waals surface area contributed by atoms with Crippen LogP contribution in [0.1, 0.15) is 17.2 Å². The minimum absolute atomic E-state index is 0.696. The van der Waals surface area contributed by atoms with E-state index >= 15 is 0 Å². The molecule has 0 aliphatic rings. The van der Waals surface area contributed by atoms with Gasteiger partial charge >= 0.3 is 0 Å². The summed E-state index contributed by atoms with van der Waals surface area (Å²) in [6.45, 7) is 0. The molecule has 0 radical (unpaired) electrons. The fourth-order valence-electron chi connectivity index (χ4n) is 2.42. The summed E-state index contributed by atoms with van der Waals surface area (Å²) < 4.78 is 6.04. The summed E-state index contributed by atoms with van der Waals surface area (Å²) >= 11 is 3.45. The molecule has 2 aromatic carbocycles. The van der Waals surface area contributed by atoms with Crippen LogP contribution in [-0.2, 0) is 0 Å². The standard InChI is InChI=1S/C17H14BrNO2/c1-21-16-6-5-11(9-15(16)18)17(20)14-4-2-3-12-10-19-8-7-13(12)14/h2-10,17,20H,1H3. The molecule has 3 aromatic rings. The van der Waals surface area contributed by atoms with Gasteiger partial charge in [-0.05, 0) is 50.6 Å². The largest absolute Gasteiger partial charge is 0.496 e. The van der Waals surface area contributed by atoms with Crippen LogP contribution in [0.4, 0.5) is 0 Å². The Balaban J connectivity index is 2.08. The van der Waals surface area contributed by atoms with Gasteiger partial charge in [-0.1, -0.05) is 24.3 Å². The van der Waals surface area contributed by atoms with Crippen LogP contribution in [0, 0.1) is 0 Å². The number of fused-ring (bicyclic) bond motifs is 1. The molecule has 3 rings (SSSR count). The van der Waals surface area contributed by atoms with Crippen LogP contribution in [0.3, 0.4) is 0 Å². The van der Waals surface area contributed by atoms with Crippen molar-refractivity contribution in [3.63, 3.8) is 0 Å². The Kier molecular flexibility index (Phi) is 3.90. The molecule has 0 spiro atoms. The molecule has 0 amide bonds. The predicted octanol–water partition coefficient (Wildman–Crippen LogP) is 4.09. The van der Waals surface area contributed by atoms with Crippen molar-refractivity contribution >= 4 is 26.7 Å². The second kappa shape index (κ2) is 5.84. The van der Waals surface area contributed by atoms with E-state index in [9.17, 15) is 5.11 Å². The van der Waals surface area contributed by atoms with Gasteiger partial charge in [0.05, 0.1) is 11.6 Å². The highest BCUT2D eigenvalue weighted by Gasteiger charge is 2.15. The van der Waals surface area contributed by atoms with Crippen molar-refractivity contribution in [1.29, 1.82) is 0 Å². The van der Waals surface area contributed by atoms with Gasteiger partial charge in [0.25, 0.3) is 0 Å². The van der Waals surface area contributed by atoms with E-state index in [-0.39, 0.29) is 0 Å². The fourth-order valence-corrected chi connectivity index (χ4v) is 2.98. The highest BCUT2D eigenvalue weighted by atomic mass is 79.9. The Hall–Kier alpha value is -1.91. The molecule has 1 heterocycles. The number of aliphatic hydroxyl groups excluding tert-OH is 1. The summed E-state index contributed by atoms with van der Waals surface area (Å²) in [5.41, 5.74) is 1.68. The van der Waals surface area contributed by atoms with Crippen LogP contribution in [0.15, 0.2) is 59.3 Å². The number of benzene rings is 2. The third-order valence-corrected chi connectivity index (χ3v) is 4.12. The maximum Gasteiger partial charge on any atom is 0.133 e. The van der Waals surface area contributed by atoms with Crippen LogP contribution < -0.4 is 4.74 Å². The second-order valence-corrected chi connectivity index (χ2v) is 5.59. The van der Waals surface area contributed by atoms with Gasteiger partial charge in [-0.25, -0.2) is 0 Å². The number of nitrogens with zero attached hydrogens (tertiary/aromatic N) is 1. The van der Waals surface area contributed by atoms with E-state index in [1.165, 1.54) is 0 Å². The lowest BCUT2D eigenvalue weighted by Crippen LogP contribution is -2.01. The van der Waals surface area contributed by atoms with Crippen molar-refractivity contribution in [3.8, 4) is 5.75 Å². The maximum absolute atomic E-state index is 10.7. The Bertz CT molecular complexity index is 783. The molecule has 1 atom stereocenters. The van der Waals surface area contributed by atoms with E-state index in [0.29, 0.717) is 0 Å². The Morgan fingerprint density at radius 3 is 2.81 bits per heavy atom. The van der Waals surface area contributed by atoms with E-state index in [1.807, 2.05) is 42.5 Å². The zero-order chi connectivity index (χ0) is 14.8. The monoisotopic (exact) mass is 343 g/mol. The SMILES string of the molecule is COc1ccc(C(O)c2cccc3cnccc23)cc1Br. The van der Waals surface area contributed by atoms with Gasteiger partial charge in [-0.15, -0.1) is 0 Å². The molecule has 1 N–H and O–H groups in total. The number of rotatable bonds is 3. The molecule has 0 saturated heterocycles. The molecule has 0 saturated carbocycles. The molecule has 21 heavy (non-hydrogen) atoms. The first-order chi connectivity index (χ1) is 10.2. The Morgan fingerprint density at radius 2 is 2.05 bits per heavy atom. The minimum Gasteiger partial charge on any atom is -0.496 e. The van der Waals surface area contributed by atoms with Crippen molar-refractivity contribution in [1.82, 2.24) is 4.98 Å². The lowest BCUT2D eigenvalue weighted by Gasteiger charge is -2.15. The van der Waals surface area contributed by atoms with Gasteiger partial charge < -0.3 is 9.84 Å². The van der Waals surface area contributed by atoms with Crippen LogP contribution >= 0.6 is 15.9 Å². The molecule has 1 unspecified atom stereocenters. The summed E-state index contributed by atoms with van der Waals surface area (Å²) in [5, 5.41) is 12.7. The first kappa shape index (κ1) is 14.0. The average Bonchev–Trinajstić information content (AvgIpc) is 2.53. The number of hydrogen-bond acceptors (Lipinski definition) is 3. The summed E-state index contributed by atoms with van der Waals surface area (Å²) in [7, 11) is 1.62. The molecule has 4 heteroatoms. The van der Waals surface area contributed by atoms with Crippen molar-refractivity contribution in [3.05, 3.63) is 70.5 Å². The number of aliphatic hydroxyl groups is 1. The normalized spacial score (nSPS) is 12.3. The molecule has 1 aromatic heterocycles. The van der Waals surface area contributed by atoms with Gasteiger partial charge in [0.2, 0.25) is 0 Å². The van der Waals surface area contributed by atoms with Gasteiger partial charge in [0.1, 0.15) is 11.9 Å². The lowest BCUT2D eigenvalue weighted by atomic mass is 9.97. The van der Waals surface area contributed by atoms with Crippen LogP contribution in [0.2, 0.25) is 0 Å². The smallest absolute Gasteiger partial charge is 0.133 e. The quantitative estimate of drug-likeness (QED) is 0.778. The van der Waals surface area contributed by atoms with Gasteiger partial charge in [-0.3, -0.25) is 4.98 Å². The number of methoxy groups -OCH3 is 1. The zero-order valence-corrected chi connectivity index (χ0v) is 13.0. The van der Waals surface area contributed by atoms with Gasteiger partial charge in [0, 0.05) is 17.8 Å². The van der Waals surface area contributed by atoms with Gasteiger partial charge in [-0.2, -0.15) is 0 Å². The zero-order valence-electron chi connectivity index (χ0n) is 11.5. The number of ether oxygens (including phenoxy) is 1. The summed E-state index contributed by atoms with van der Waals surface area (Å²) in [6, 6.07) is 13.4. The average molecular weight is 344 g/mol. The van der Waals surface area contributed by atoms with E-state index in [1.54, 1.807) is 19.5 Å². The molecule has 106 valence electrons. The second-order valence-electron chi connectivity index (χ2n) is 4.74. The van der Waals surface area contributed by atoms with Crippen LogP contribution in [0.25, 0.3) is 10.8 Å². The molecule has 0 bridgehead atoms. The molecule has 0 aliphatic heterocycles. The molecule has 3 nitrogen and oxygen atoms in total. The third-order valence-electron chi connectivity index (χ3n) is 3.50. The van der Waals surface area contributed by atoms with Crippen LogP contribution in [-0.4, -0.2) is 17.2 Å². The van der Waals surface area contributed by atoms with Crippen molar-refractivity contribution in [2.75, 3.05) is 7.11 Å². The summed E-state index contributed by atoms with van der Waals surface area (Å²) in [6.07, 6.45) is 2.84. The minimum atomic E-state index is -0.696. The van der Waals surface area contributed by atoms with Crippen molar-refractivity contribution in [2.45, 2.75) is 6.10 Å². The van der Waals surface area contributed by atoms with E-state index < -0.39 is 6.10 Å². The first-order valence-corrected chi connectivity index (χ1v) is 7.34. The number of halogens is 1. The van der Waals surface area contributed by atoms with E-state index in [2.05, 4.69) is 20.9 Å². The number of hydrogen-bond donors (Lipinski definition) is 1. The highest BCUT2D eigenvalue weighted by molar-refractivity contribution is 9.10. The predicted molar refractivity (Wildman–Crippen MR) is 86.5 cm³/mol.